The Hall–Kier alpha value is -1.85. The van der Waals surface area contributed by atoms with Crippen molar-refractivity contribution in [1.29, 1.82) is 0 Å². The number of hydrogen-bond donors (Lipinski definition) is 0. The number of aromatic nitrogens is 2. The molecule has 0 saturated carbocycles. The number of anilines is 2. The first-order chi connectivity index (χ1) is 12.8. The molecule has 2 saturated heterocycles. The summed E-state index contributed by atoms with van der Waals surface area (Å²) in [6.07, 6.45) is 6.25. The van der Waals surface area contributed by atoms with Crippen LogP contribution in [0.25, 0.3) is 0 Å². The maximum Gasteiger partial charge on any atom is 0.131 e. The lowest BCUT2D eigenvalue weighted by Crippen LogP contribution is -2.49. The highest BCUT2D eigenvalue weighted by Crippen LogP contribution is 2.25. The Balaban J connectivity index is 1.29. The summed E-state index contributed by atoms with van der Waals surface area (Å²) in [5.74, 6) is 1.82. The Labute approximate surface area is 160 Å². The number of rotatable bonds is 4. The van der Waals surface area contributed by atoms with Gasteiger partial charge in [-0.1, -0.05) is 17.7 Å². The lowest BCUT2D eigenvalue weighted by Gasteiger charge is -2.40. The Bertz CT molecular complexity index is 702. The van der Waals surface area contributed by atoms with Crippen LogP contribution in [0.5, 0.6) is 0 Å². The van der Waals surface area contributed by atoms with Crippen molar-refractivity contribution in [2.75, 3.05) is 55.6 Å². The molecule has 26 heavy (non-hydrogen) atoms. The fraction of sp³-hybridized carbons (Fsp3) is 0.500. The van der Waals surface area contributed by atoms with Crippen LogP contribution in [0.3, 0.4) is 0 Å². The van der Waals surface area contributed by atoms with Gasteiger partial charge in [0.25, 0.3) is 0 Å². The smallest absolute Gasteiger partial charge is 0.131 e. The molecule has 6 heteroatoms. The van der Waals surface area contributed by atoms with E-state index in [9.17, 15) is 0 Å². The van der Waals surface area contributed by atoms with Gasteiger partial charge in [-0.25, -0.2) is 9.97 Å². The molecule has 4 heterocycles. The van der Waals surface area contributed by atoms with E-state index in [2.05, 4.69) is 42.9 Å². The molecule has 4 rings (SSSR count). The van der Waals surface area contributed by atoms with Gasteiger partial charge in [-0.3, -0.25) is 4.90 Å². The number of halogens is 1. The summed E-state index contributed by atoms with van der Waals surface area (Å²) in [5, 5.41) is 0.579. The molecule has 138 valence electrons. The normalized spacial score (nSPS) is 21.8. The quantitative estimate of drug-likeness (QED) is 0.771. The van der Waals surface area contributed by atoms with Crippen LogP contribution in [0.15, 0.2) is 42.7 Å². The van der Waals surface area contributed by atoms with E-state index >= 15 is 0 Å². The molecule has 2 aromatic heterocycles. The van der Waals surface area contributed by atoms with Crippen LogP contribution in [0, 0.1) is 5.92 Å². The predicted octanol–water partition coefficient (Wildman–Crippen LogP) is 3.17. The second kappa shape index (κ2) is 8.23. The van der Waals surface area contributed by atoms with Crippen molar-refractivity contribution in [2.45, 2.75) is 12.8 Å². The second-order valence-electron chi connectivity index (χ2n) is 7.27. The molecule has 2 fully saturated rings. The summed E-state index contributed by atoms with van der Waals surface area (Å²) in [5.41, 5.74) is 1.20. The number of nitrogens with zero attached hydrogens (tertiary/aromatic N) is 5. The average molecular weight is 372 g/mol. The summed E-state index contributed by atoms with van der Waals surface area (Å²) in [6, 6.07) is 10.2. The van der Waals surface area contributed by atoms with E-state index in [0.717, 1.165) is 51.0 Å². The van der Waals surface area contributed by atoms with Gasteiger partial charge >= 0.3 is 0 Å². The van der Waals surface area contributed by atoms with Crippen molar-refractivity contribution in [2.24, 2.45) is 5.92 Å². The van der Waals surface area contributed by atoms with E-state index in [1.54, 1.807) is 6.20 Å². The SMILES string of the molecule is Clc1cc(N2CCCC(CN3CCN(c4ccccn4)CC3)C2)ccn1. The summed E-state index contributed by atoms with van der Waals surface area (Å²) in [7, 11) is 0. The van der Waals surface area contributed by atoms with Gasteiger partial charge in [0.1, 0.15) is 11.0 Å². The van der Waals surface area contributed by atoms with E-state index in [4.69, 9.17) is 11.6 Å². The third-order valence-corrected chi connectivity index (χ3v) is 5.66. The maximum absolute atomic E-state index is 6.06. The van der Waals surface area contributed by atoms with Crippen molar-refractivity contribution in [3.05, 3.63) is 47.9 Å². The predicted molar refractivity (Wildman–Crippen MR) is 107 cm³/mol. The van der Waals surface area contributed by atoms with E-state index in [-0.39, 0.29) is 0 Å². The zero-order valence-electron chi connectivity index (χ0n) is 15.1. The molecule has 0 spiro atoms. The molecule has 0 N–H and O–H groups in total. The fourth-order valence-corrected chi connectivity index (χ4v) is 4.27. The van der Waals surface area contributed by atoms with Crippen molar-refractivity contribution in [3.8, 4) is 0 Å². The molecule has 2 aromatic rings. The van der Waals surface area contributed by atoms with Gasteiger partial charge in [0.2, 0.25) is 0 Å². The number of pyridine rings is 2. The molecule has 1 unspecified atom stereocenters. The van der Waals surface area contributed by atoms with E-state index < -0.39 is 0 Å². The van der Waals surface area contributed by atoms with Crippen LogP contribution >= 0.6 is 11.6 Å². The second-order valence-corrected chi connectivity index (χ2v) is 7.65. The van der Waals surface area contributed by atoms with Crippen LogP contribution < -0.4 is 9.80 Å². The molecular weight excluding hydrogens is 346 g/mol. The largest absolute Gasteiger partial charge is 0.371 e. The minimum absolute atomic E-state index is 0.579. The molecule has 5 nitrogen and oxygen atoms in total. The minimum Gasteiger partial charge on any atom is -0.371 e. The van der Waals surface area contributed by atoms with Crippen molar-refractivity contribution in [1.82, 2.24) is 14.9 Å². The highest BCUT2D eigenvalue weighted by molar-refractivity contribution is 6.29. The molecule has 0 aliphatic carbocycles. The first-order valence-electron chi connectivity index (χ1n) is 9.53. The van der Waals surface area contributed by atoms with Gasteiger partial charge in [0.05, 0.1) is 0 Å². The fourth-order valence-electron chi connectivity index (χ4n) is 4.10. The van der Waals surface area contributed by atoms with Gasteiger partial charge in [-0.05, 0) is 43.0 Å². The Morgan fingerprint density at radius 2 is 1.85 bits per heavy atom. The zero-order chi connectivity index (χ0) is 17.8. The first kappa shape index (κ1) is 17.6. The van der Waals surface area contributed by atoms with Gasteiger partial charge < -0.3 is 9.80 Å². The van der Waals surface area contributed by atoms with Gasteiger partial charge in [-0.2, -0.15) is 0 Å². The molecule has 2 aliphatic heterocycles. The standard InChI is InChI=1S/C20H26ClN5/c21-19-14-18(6-8-22-19)26-9-3-4-17(16-26)15-24-10-12-25(13-11-24)20-5-1-2-7-23-20/h1-2,5-8,14,17H,3-4,9-13,15-16H2. The molecule has 0 aromatic carbocycles. The molecule has 0 radical (unpaired) electrons. The minimum atomic E-state index is 0.579. The number of hydrogen-bond acceptors (Lipinski definition) is 5. The molecule has 2 aliphatic rings. The Morgan fingerprint density at radius 3 is 2.62 bits per heavy atom. The van der Waals surface area contributed by atoms with Crippen molar-refractivity contribution >= 4 is 23.1 Å². The van der Waals surface area contributed by atoms with Gasteiger partial charge in [0, 0.05) is 63.9 Å². The molecule has 0 amide bonds. The third-order valence-electron chi connectivity index (χ3n) is 5.46. The van der Waals surface area contributed by atoms with Crippen molar-refractivity contribution < 1.29 is 0 Å². The van der Waals surface area contributed by atoms with E-state index in [1.165, 1.54) is 25.1 Å². The number of piperidine rings is 1. The third kappa shape index (κ3) is 4.27. The molecular formula is C20H26ClN5. The van der Waals surface area contributed by atoms with Crippen LogP contribution in [0.4, 0.5) is 11.5 Å². The molecule has 0 bridgehead atoms. The van der Waals surface area contributed by atoms with Crippen LogP contribution in [0.1, 0.15) is 12.8 Å². The summed E-state index contributed by atoms with van der Waals surface area (Å²) in [4.78, 5) is 16.1. The van der Waals surface area contributed by atoms with Crippen molar-refractivity contribution in [3.63, 3.8) is 0 Å². The lowest BCUT2D eigenvalue weighted by atomic mass is 9.96. The summed E-state index contributed by atoms with van der Waals surface area (Å²) >= 11 is 6.06. The molecule has 1 atom stereocenters. The highest BCUT2D eigenvalue weighted by atomic mass is 35.5. The van der Waals surface area contributed by atoms with Gasteiger partial charge in [0.15, 0.2) is 0 Å². The highest BCUT2D eigenvalue weighted by Gasteiger charge is 2.25. The van der Waals surface area contributed by atoms with Crippen LogP contribution in [0.2, 0.25) is 5.15 Å². The summed E-state index contributed by atoms with van der Waals surface area (Å²) < 4.78 is 0. The Kier molecular flexibility index (Phi) is 5.56. The monoisotopic (exact) mass is 371 g/mol. The Morgan fingerprint density at radius 1 is 0.962 bits per heavy atom. The van der Waals surface area contributed by atoms with Crippen LogP contribution in [-0.2, 0) is 0 Å². The maximum atomic E-state index is 6.06. The van der Waals surface area contributed by atoms with E-state index in [0.29, 0.717) is 5.15 Å². The topological polar surface area (TPSA) is 35.5 Å². The zero-order valence-corrected chi connectivity index (χ0v) is 15.9. The van der Waals surface area contributed by atoms with Gasteiger partial charge in [-0.15, -0.1) is 0 Å². The first-order valence-corrected chi connectivity index (χ1v) is 9.90. The average Bonchev–Trinajstić information content (AvgIpc) is 2.69. The lowest BCUT2D eigenvalue weighted by molar-refractivity contribution is 0.205. The number of piperazine rings is 1. The summed E-state index contributed by atoms with van der Waals surface area (Å²) in [6.45, 7) is 7.78. The van der Waals surface area contributed by atoms with Crippen LogP contribution in [-0.4, -0.2) is 60.7 Å². The van der Waals surface area contributed by atoms with E-state index in [1.807, 2.05) is 18.3 Å².